The lowest BCUT2D eigenvalue weighted by Gasteiger charge is -2.06. The molecule has 0 fully saturated rings. The second-order valence-electron chi connectivity index (χ2n) is 3.38. The SMILES string of the molecule is CS(=O)(=O)NCCc1cc(N)c(F)cc1Cl. The highest BCUT2D eigenvalue weighted by atomic mass is 35.5. The molecule has 0 heterocycles. The molecular formula is C9H12ClFN2O2S. The van der Waals surface area contributed by atoms with E-state index in [-0.39, 0.29) is 17.3 Å². The van der Waals surface area contributed by atoms with Crippen LogP contribution in [-0.2, 0) is 16.4 Å². The van der Waals surface area contributed by atoms with Gasteiger partial charge < -0.3 is 5.73 Å². The molecule has 0 aliphatic heterocycles. The number of nitrogens with one attached hydrogen (secondary N) is 1. The Morgan fingerprint density at radius 1 is 1.50 bits per heavy atom. The van der Waals surface area contributed by atoms with Gasteiger partial charge in [-0.05, 0) is 24.1 Å². The molecule has 1 aromatic carbocycles. The Balaban J connectivity index is 2.71. The van der Waals surface area contributed by atoms with E-state index in [1.807, 2.05) is 0 Å². The molecule has 0 aliphatic carbocycles. The average molecular weight is 267 g/mol. The lowest BCUT2D eigenvalue weighted by atomic mass is 10.1. The maximum Gasteiger partial charge on any atom is 0.208 e. The first-order chi connectivity index (χ1) is 7.29. The number of hydrogen-bond donors (Lipinski definition) is 2. The zero-order valence-corrected chi connectivity index (χ0v) is 10.2. The van der Waals surface area contributed by atoms with Gasteiger partial charge in [0.15, 0.2) is 0 Å². The van der Waals surface area contributed by atoms with Crippen LogP contribution in [0.1, 0.15) is 5.56 Å². The fraction of sp³-hybridized carbons (Fsp3) is 0.333. The number of benzene rings is 1. The first kappa shape index (κ1) is 13.2. The van der Waals surface area contributed by atoms with Crippen molar-refractivity contribution < 1.29 is 12.8 Å². The van der Waals surface area contributed by atoms with Crippen LogP contribution in [0.2, 0.25) is 5.02 Å². The molecule has 7 heteroatoms. The number of rotatable bonds is 4. The molecule has 0 atom stereocenters. The van der Waals surface area contributed by atoms with E-state index in [0.717, 1.165) is 12.3 Å². The zero-order valence-electron chi connectivity index (χ0n) is 8.63. The monoisotopic (exact) mass is 266 g/mol. The van der Waals surface area contributed by atoms with Crippen LogP contribution < -0.4 is 10.5 Å². The van der Waals surface area contributed by atoms with Crippen LogP contribution >= 0.6 is 11.6 Å². The van der Waals surface area contributed by atoms with Crippen molar-refractivity contribution in [2.45, 2.75) is 6.42 Å². The summed E-state index contributed by atoms with van der Waals surface area (Å²) in [6.45, 7) is 0.198. The molecule has 0 aliphatic rings. The fourth-order valence-corrected chi connectivity index (χ4v) is 1.89. The molecule has 0 aromatic heterocycles. The fourth-order valence-electron chi connectivity index (χ4n) is 1.18. The zero-order chi connectivity index (χ0) is 12.3. The molecular weight excluding hydrogens is 255 g/mol. The normalized spacial score (nSPS) is 11.7. The lowest BCUT2D eigenvalue weighted by Crippen LogP contribution is -2.24. The Labute approximate surface area is 98.6 Å². The summed E-state index contributed by atoms with van der Waals surface area (Å²) in [5.41, 5.74) is 5.98. The van der Waals surface area contributed by atoms with Crippen molar-refractivity contribution in [3.63, 3.8) is 0 Å². The Hall–Kier alpha value is -0.850. The van der Waals surface area contributed by atoms with Crippen molar-refractivity contribution in [2.24, 2.45) is 0 Å². The van der Waals surface area contributed by atoms with Gasteiger partial charge in [-0.2, -0.15) is 0 Å². The van der Waals surface area contributed by atoms with E-state index in [0.29, 0.717) is 12.0 Å². The predicted octanol–water partition coefficient (Wildman–Crippen LogP) is 1.15. The minimum atomic E-state index is -3.22. The van der Waals surface area contributed by atoms with E-state index in [1.165, 1.54) is 6.07 Å². The molecule has 0 bridgehead atoms. The van der Waals surface area contributed by atoms with Gasteiger partial charge in [0.05, 0.1) is 11.9 Å². The molecule has 16 heavy (non-hydrogen) atoms. The van der Waals surface area contributed by atoms with Crippen molar-refractivity contribution in [3.05, 3.63) is 28.5 Å². The maximum atomic E-state index is 13.0. The van der Waals surface area contributed by atoms with E-state index >= 15 is 0 Å². The molecule has 3 N–H and O–H groups in total. The Bertz CT molecular complexity index is 491. The Morgan fingerprint density at radius 2 is 2.12 bits per heavy atom. The summed E-state index contributed by atoms with van der Waals surface area (Å²) in [5, 5.41) is 0.238. The van der Waals surface area contributed by atoms with E-state index in [4.69, 9.17) is 17.3 Å². The summed E-state index contributed by atoms with van der Waals surface area (Å²) in [7, 11) is -3.22. The molecule has 1 aromatic rings. The summed E-state index contributed by atoms with van der Waals surface area (Å²) < 4.78 is 36.9. The molecule has 0 amide bonds. The third-order valence-corrected chi connectivity index (χ3v) is 3.00. The van der Waals surface area contributed by atoms with E-state index < -0.39 is 15.8 Å². The van der Waals surface area contributed by atoms with Gasteiger partial charge in [-0.15, -0.1) is 0 Å². The van der Waals surface area contributed by atoms with Crippen LogP contribution in [0.3, 0.4) is 0 Å². The number of halogens is 2. The first-order valence-corrected chi connectivity index (χ1v) is 6.74. The standard InChI is InChI=1S/C9H12ClFN2O2S/c1-16(14,15)13-3-2-6-4-9(12)8(11)5-7(6)10/h4-5,13H,2-3,12H2,1H3. The van der Waals surface area contributed by atoms with Crippen LogP contribution in [0.5, 0.6) is 0 Å². The molecule has 0 unspecified atom stereocenters. The van der Waals surface area contributed by atoms with Gasteiger partial charge in [-0.1, -0.05) is 11.6 Å². The average Bonchev–Trinajstić information content (AvgIpc) is 2.11. The molecule has 0 saturated heterocycles. The number of anilines is 1. The van der Waals surface area contributed by atoms with Gasteiger partial charge in [-0.3, -0.25) is 0 Å². The molecule has 1 rings (SSSR count). The summed E-state index contributed by atoms with van der Waals surface area (Å²) in [6, 6.07) is 2.52. The summed E-state index contributed by atoms with van der Waals surface area (Å²) >= 11 is 5.78. The lowest BCUT2D eigenvalue weighted by molar-refractivity contribution is 0.587. The molecule has 90 valence electrons. The summed E-state index contributed by atoms with van der Waals surface area (Å²) in [5.74, 6) is -0.579. The van der Waals surface area contributed by atoms with Crippen molar-refractivity contribution in [2.75, 3.05) is 18.5 Å². The Morgan fingerprint density at radius 3 is 2.69 bits per heavy atom. The minimum absolute atomic E-state index is 0.00115. The second-order valence-corrected chi connectivity index (χ2v) is 5.62. The van der Waals surface area contributed by atoms with Crippen LogP contribution in [-0.4, -0.2) is 21.2 Å². The maximum absolute atomic E-state index is 13.0. The summed E-state index contributed by atoms with van der Waals surface area (Å²) in [4.78, 5) is 0. The summed E-state index contributed by atoms with van der Waals surface area (Å²) in [6.07, 6.45) is 1.42. The van der Waals surface area contributed by atoms with Crippen molar-refractivity contribution in [1.29, 1.82) is 0 Å². The number of sulfonamides is 1. The van der Waals surface area contributed by atoms with Gasteiger partial charge in [0.1, 0.15) is 5.82 Å². The number of nitrogen functional groups attached to an aromatic ring is 1. The van der Waals surface area contributed by atoms with Crippen molar-refractivity contribution >= 4 is 27.3 Å². The highest BCUT2D eigenvalue weighted by molar-refractivity contribution is 7.88. The molecule has 4 nitrogen and oxygen atoms in total. The van der Waals surface area contributed by atoms with Crippen LogP contribution in [0, 0.1) is 5.82 Å². The quantitative estimate of drug-likeness (QED) is 0.803. The van der Waals surface area contributed by atoms with Gasteiger partial charge in [0, 0.05) is 11.6 Å². The number of nitrogens with two attached hydrogens (primary N) is 1. The third-order valence-electron chi connectivity index (χ3n) is 1.92. The van der Waals surface area contributed by atoms with Crippen molar-refractivity contribution in [3.8, 4) is 0 Å². The van der Waals surface area contributed by atoms with E-state index in [9.17, 15) is 12.8 Å². The van der Waals surface area contributed by atoms with Crippen molar-refractivity contribution in [1.82, 2.24) is 4.72 Å². The van der Waals surface area contributed by atoms with Gasteiger partial charge in [-0.25, -0.2) is 17.5 Å². The number of hydrogen-bond acceptors (Lipinski definition) is 3. The first-order valence-electron chi connectivity index (χ1n) is 4.47. The predicted molar refractivity (Wildman–Crippen MR) is 62.4 cm³/mol. The highest BCUT2D eigenvalue weighted by Gasteiger charge is 2.07. The molecule has 0 saturated carbocycles. The third kappa shape index (κ3) is 3.96. The molecule has 0 radical (unpaired) electrons. The smallest absolute Gasteiger partial charge is 0.208 e. The Kier molecular flexibility index (Phi) is 4.12. The van der Waals surface area contributed by atoms with Gasteiger partial charge in [0.2, 0.25) is 10.0 Å². The van der Waals surface area contributed by atoms with Crippen LogP contribution in [0.15, 0.2) is 12.1 Å². The van der Waals surface area contributed by atoms with Gasteiger partial charge >= 0.3 is 0 Å². The van der Waals surface area contributed by atoms with Crippen LogP contribution in [0.4, 0.5) is 10.1 Å². The van der Waals surface area contributed by atoms with E-state index in [1.54, 1.807) is 0 Å². The van der Waals surface area contributed by atoms with Gasteiger partial charge in [0.25, 0.3) is 0 Å². The molecule has 0 spiro atoms. The largest absolute Gasteiger partial charge is 0.396 e. The topological polar surface area (TPSA) is 72.2 Å². The second kappa shape index (κ2) is 4.99. The minimum Gasteiger partial charge on any atom is -0.396 e. The van der Waals surface area contributed by atoms with Crippen LogP contribution in [0.25, 0.3) is 0 Å². The van der Waals surface area contributed by atoms with E-state index in [2.05, 4.69) is 4.72 Å². The highest BCUT2D eigenvalue weighted by Crippen LogP contribution is 2.22.